The molecule has 2 aromatic carbocycles. The van der Waals surface area contributed by atoms with Gasteiger partial charge in [-0.25, -0.2) is 4.98 Å². The molecule has 0 spiro atoms. The van der Waals surface area contributed by atoms with Crippen LogP contribution in [0, 0.1) is 0 Å². The normalized spacial score (nSPS) is 17.7. The first-order chi connectivity index (χ1) is 12.7. The van der Waals surface area contributed by atoms with Crippen molar-refractivity contribution in [3.8, 4) is 0 Å². The van der Waals surface area contributed by atoms with Crippen LogP contribution >= 0.6 is 23.1 Å². The molecule has 4 rings (SSSR count). The number of carbonyl (C=O) groups is 1. The third-order valence-corrected chi connectivity index (χ3v) is 6.52. The zero-order valence-electron chi connectivity index (χ0n) is 14.6. The van der Waals surface area contributed by atoms with Crippen molar-refractivity contribution in [1.82, 2.24) is 9.88 Å². The van der Waals surface area contributed by atoms with Crippen LogP contribution in [-0.4, -0.2) is 35.1 Å². The van der Waals surface area contributed by atoms with E-state index in [9.17, 15) is 4.79 Å². The summed E-state index contributed by atoms with van der Waals surface area (Å²) in [6.07, 6.45) is 4.21. The number of hydrogen-bond acceptors (Lipinski definition) is 5. The van der Waals surface area contributed by atoms with Gasteiger partial charge >= 0.3 is 0 Å². The van der Waals surface area contributed by atoms with Crippen LogP contribution in [0.4, 0.5) is 5.69 Å². The van der Waals surface area contributed by atoms with Gasteiger partial charge in [-0.3, -0.25) is 9.69 Å². The van der Waals surface area contributed by atoms with E-state index in [0.29, 0.717) is 6.54 Å². The Morgan fingerprint density at radius 1 is 1.31 bits per heavy atom. The minimum absolute atomic E-state index is 0.0382. The number of thioether (sulfide) groups is 1. The number of thiazole rings is 1. The Kier molecular flexibility index (Phi) is 5.24. The SMILES string of the molecule is CSc1cccc(NC(=O)CN2CCCC2c2nc3ccccc3s2)c1. The molecule has 3 aromatic rings. The number of fused-ring (bicyclic) bond motifs is 1. The average molecular weight is 384 g/mol. The van der Waals surface area contributed by atoms with Crippen LogP contribution in [-0.2, 0) is 4.79 Å². The van der Waals surface area contributed by atoms with Crippen molar-refractivity contribution in [1.29, 1.82) is 0 Å². The van der Waals surface area contributed by atoms with Gasteiger partial charge in [-0.15, -0.1) is 23.1 Å². The fraction of sp³-hybridized carbons (Fsp3) is 0.300. The lowest BCUT2D eigenvalue weighted by Crippen LogP contribution is -2.32. The molecular formula is C20H21N3OS2. The van der Waals surface area contributed by atoms with Gasteiger partial charge in [-0.05, 0) is 56.0 Å². The van der Waals surface area contributed by atoms with E-state index < -0.39 is 0 Å². The number of aromatic nitrogens is 1. The van der Waals surface area contributed by atoms with Gasteiger partial charge < -0.3 is 5.32 Å². The predicted molar refractivity (Wildman–Crippen MR) is 110 cm³/mol. The summed E-state index contributed by atoms with van der Waals surface area (Å²) in [6, 6.07) is 16.5. The molecule has 1 saturated heterocycles. The third kappa shape index (κ3) is 3.77. The minimum atomic E-state index is 0.0382. The molecule has 1 unspecified atom stereocenters. The zero-order valence-corrected chi connectivity index (χ0v) is 16.3. The highest BCUT2D eigenvalue weighted by molar-refractivity contribution is 7.98. The lowest BCUT2D eigenvalue weighted by atomic mass is 10.2. The van der Waals surface area contributed by atoms with Crippen LogP contribution in [0.5, 0.6) is 0 Å². The van der Waals surface area contributed by atoms with Crippen molar-refractivity contribution in [2.45, 2.75) is 23.8 Å². The molecule has 2 heterocycles. The van der Waals surface area contributed by atoms with Crippen LogP contribution in [0.25, 0.3) is 10.2 Å². The molecule has 1 aromatic heterocycles. The molecule has 1 aliphatic heterocycles. The van der Waals surface area contributed by atoms with Crippen molar-refractivity contribution in [2.75, 3.05) is 24.7 Å². The number of carbonyl (C=O) groups excluding carboxylic acids is 1. The van der Waals surface area contributed by atoms with Crippen molar-refractivity contribution < 1.29 is 4.79 Å². The first-order valence-corrected chi connectivity index (χ1v) is 10.8. The molecule has 26 heavy (non-hydrogen) atoms. The summed E-state index contributed by atoms with van der Waals surface area (Å²) >= 11 is 3.42. The molecular weight excluding hydrogens is 362 g/mol. The summed E-state index contributed by atoms with van der Waals surface area (Å²) in [5.74, 6) is 0.0382. The second-order valence-electron chi connectivity index (χ2n) is 6.43. The second kappa shape index (κ2) is 7.78. The molecule has 1 aliphatic rings. The van der Waals surface area contributed by atoms with Crippen molar-refractivity contribution >= 4 is 44.9 Å². The summed E-state index contributed by atoms with van der Waals surface area (Å²) in [6.45, 7) is 1.35. The van der Waals surface area contributed by atoms with E-state index in [4.69, 9.17) is 4.98 Å². The average Bonchev–Trinajstić information content (AvgIpc) is 3.27. The fourth-order valence-corrected chi connectivity index (χ4v) is 5.01. The van der Waals surface area contributed by atoms with Crippen molar-refractivity contribution in [3.63, 3.8) is 0 Å². The summed E-state index contributed by atoms with van der Waals surface area (Å²) in [5, 5.41) is 4.16. The minimum Gasteiger partial charge on any atom is -0.325 e. The summed E-state index contributed by atoms with van der Waals surface area (Å²) in [7, 11) is 0. The Morgan fingerprint density at radius 3 is 3.04 bits per heavy atom. The maximum atomic E-state index is 12.5. The summed E-state index contributed by atoms with van der Waals surface area (Å²) in [4.78, 5) is 20.7. The monoisotopic (exact) mass is 383 g/mol. The molecule has 134 valence electrons. The molecule has 6 heteroatoms. The lowest BCUT2D eigenvalue weighted by molar-refractivity contribution is -0.117. The number of para-hydroxylation sites is 1. The van der Waals surface area contributed by atoms with E-state index in [1.807, 2.05) is 42.7 Å². The number of amides is 1. The largest absolute Gasteiger partial charge is 0.325 e. The summed E-state index contributed by atoms with van der Waals surface area (Å²) < 4.78 is 1.22. The van der Waals surface area contributed by atoms with E-state index in [0.717, 1.165) is 40.5 Å². The van der Waals surface area contributed by atoms with Gasteiger partial charge in [0.05, 0.1) is 22.8 Å². The van der Waals surface area contributed by atoms with Crippen LogP contribution in [0.2, 0.25) is 0 Å². The molecule has 1 amide bonds. The van der Waals surface area contributed by atoms with Crippen molar-refractivity contribution in [3.05, 3.63) is 53.5 Å². The van der Waals surface area contributed by atoms with Crippen LogP contribution < -0.4 is 5.32 Å². The van der Waals surface area contributed by atoms with E-state index in [1.165, 1.54) is 4.70 Å². The molecule has 1 N–H and O–H groups in total. The molecule has 0 aliphatic carbocycles. The number of nitrogens with zero attached hydrogens (tertiary/aromatic N) is 2. The second-order valence-corrected chi connectivity index (χ2v) is 8.37. The number of benzene rings is 2. The maximum Gasteiger partial charge on any atom is 0.238 e. The van der Waals surface area contributed by atoms with E-state index in [2.05, 4.69) is 22.3 Å². The predicted octanol–water partition coefficient (Wildman–Crippen LogP) is 4.79. The fourth-order valence-electron chi connectivity index (χ4n) is 3.41. The standard InChI is InChI=1S/C20H21N3OS2/c1-25-15-7-4-6-14(12-15)21-19(24)13-23-11-5-9-17(23)20-22-16-8-2-3-10-18(16)26-20/h2-4,6-8,10,12,17H,5,9,11,13H2,1H3,(H,21,24). The molecule has 1 fully saturated rings. The number of anilines is 1. The lowest BCUT2D eigenvalue weighted by Gasteiger charge is -2.22. The quantitative estimate of drug-likeness (QED) is 0.643. The van der Waals surface area contributed by atoms with Crippen LogP contribution in [0.1, 0.15) is 23.9 Å². The van der Waals surface area contributed by atoms with E-state index >= 15 is 0 Å². The number of rotatable bonds is 5. The zero-order chi connectivity index (χ0) is 17.9. The van der Waals surface area contributed by atoms with Crippen molar-refractivity contribution in [2.24, 2.45) is 0 Å². The van der Waals surface area contributed by atoms with Gasteiger partial charge in [-0.2, -0.15) is 0 Å². The van der Waals surface area contributed by atoms with E-state index in [1.54, 1.807) is 23.1 Å². The number of hydrogen-bond donors (Lipinski definition) is 1. The first-order valence-electron chi connectivity index (χ1n) is 8.76. The van der Waals surface area contributed by atoms with E-state index in [-0.39, 0.29) is 11.9 Å². The Labute approximate surface area is 161 Å². The van der Waals surface area contributed by atoms with Gasteiger partial charge in [-0.1, -0.05) is 18.2 Å². The Balaban J connectivity index is 1.45. The highest BCUT2D eigenvalue weighted by Gasteiger charge is 2.30. The van der Waals surface area contributed by atoms with Gasteiger partial charge in [0, 0.05) is 10.6 Å². The molecule has 4 nitrogen and oxygen atoms in total. The van der Waals surface area contributed by atoms with Gasteiger partial charge in [0.15, 0.2) is 0 Å². The molecule has 0 bridgehead atoms. The highest BCUT2D eigenvalue weighted by atomic mass is 32.2. The number of likely N-dealkylation sites (tertiary alicyclic amines) is 1. The third-order valence-electron chi connectivity index (χ3n) is 4.66. The van der Waals surface area contributed by atoms with Gasteiger partial charge in [0.25, 0.3) is 0 Å². The Hall–Kier alpha value is -1.89. The van der Waals surface area contributed by atoms with Gasteiger partial charge in [0.2, 0.25) is 5.91 Å². The Bertz CT molecular complexity index is 891. The molecule has 1 atom stereocenters. The highest BCUT2D eigenvalue weighted by Crippen LogP contribution is 2.36. The van der Waals surface area contributed by atoms with Crippen LogP contribution in [0.15, 0.2) is 53.4 Å². The maximum absolute atomic E-state index is 12.5. The van der Waals surface area contributed by atoms with Gasteiger partial charge in [0.1, 0.15) is 5.01 Å². The summed E-state index contributed by atoms with van der Waals surface area (Å²) in [5.41, 5.74) is 1.91. The molecule has 0 radical (unpaired) electrons. The smallest absolute Gasteiger partial charge is 0.238 e. The topological polar surface area (TPSA) is 45.2 Å². The Morgan fingerprint density at radius 2 is 2.19 bits per heavy atom. The molecule has 0 saturated carbocycles. The number of nitrogens with one attached hydrogen (secondary N) is 1. The first kappa shape index (κ1) is 17.5. The van der Waals surface area contributed by atoms with Crippen LogP contribution in [0.3, 0.4) is 0 Å².